The standard InChI is InChI=1S/C29H29N3O3/c1-20-8-10-22(11-9-20)29-24(19-32(31-29)25-6-4-3-5-7-25)13-15-28(33)30-21(2)23-12-14-26-27(18-23)35-17-16-34-26/h3-12,14,18-19,21H,13,15-17H2,1-2H3,(H,30,33)/t21-/m0/s1. The molecule has 4 aromatic rings. The summed E-state index contributed by atoms with van der Waals surface area (Å²) in [6.45, 7) is 5.15. The number of fused-ring (bicyclic) bond motifs is 1. The van der Waals surface area contributed by atoms with Crippen molar-refractivity contribution in [3.05, 3.63) is 95.7 Å². The van der Waals surface area contributed by atoms with E-state index in [9.17, 15) is 4.79 Å². The maximum atomic E-state index is 12.9. The van der Waals surface area contributed by atoms with Gasteiger partial charge in [0.25, 0.3) is 0 Å². The summed E-state index contributed by atoms with van der Waals surface area (Å²) in [5.74, 6) is 1.47. The minimum atomic E-state index is -0.137. The van der Waals surface area contributed by atoms with E-state index in [1.165, 1.54) is 5.56 Å². The number of carbonyl (C=O) groups is 1. The number of ether oxygens (including phenoxy) is 2. The average Bonchev–Trinajstić information content (AvgIpc) is 3.32. The number of aromatic nitrogens is 2. The SMILES string of the molecule is Cc1ccc(-c2nn(-c3ccccc3)cc2CCC(=O)N[C@@H](C)c2ccc3c(c2)OCCO3)cc1. The molecular weight excluding hydrogens is 438 g/mol. The molecule has 1 aliphatic heterocycles. The number of rotatable bonds is 7. The van der Waals surface area contributed by atoms with Crippen molar-refractivity contribution in [3.63, 3.8) is 0 Å². The number of aryl methyl sites for hydroxylation is 2. The lowest BCUT2D eigenvalue weighted by Crippen LogP contribution is -2.27. The van der Waals surface area contributed by atoms with Gasteiger partial charge in [-0.2, -0.15) is 5.10 Å². The van der Waals surface area contributed by atoms with Crippen LogP contribution in [0.3, 0.4) is 0 Å². The second kappa shape index (κ2) is 10.1. The fraction of sp³-hybridized carbons (Fsp3) is 0.241. The van der Waals surface area contributed by atoms with Crippen molar-refractivity contribution >= 4 is 5.91 Å². The Labute approximate surface area is 205 Å². The van der Waals surface area contributed by atoms with Crippen LogP contribution in [0.4, 0.5) is 0 Å². The molecule has 35 heavy (non-hydrogen) atoms. The zero-order chi connectivity index (χ0) is 24.2. The van der Waals surface area contributed by atoms with Gasteiger partial charge in [-0.05, 0) is 55.7 Å². The first-order valence-corrected chi connectivity index (χ1v) is 12.0. The highest BCUT2D eigenvalue weighted by molar-refractivity contribution is 5.77. The lowest BCUT2D eigenvalue weighted by molar-refractivity contribution is -0.121. The van der Waals surface area contributed by atoms with Gasteiger partial charge in [0.2, 0.25) is 5.91 Å². The summed E-state index contributed by atoms with van der Waals surface area (Å²) >= 11 is 0. The van der Waals surface area contributed by atoms with Crippen LogP contribution in [0.25, 0.3) is 16.9 Å². The van der Waals surface area contributed by atoms with Gasteiger partial charge in [-0.1, -0.05) is 54.1 Å². The Morgan fingerprint density at radius 1 is 1.00 bits per heavy atom. The Hall–Kier alpha value is -4.06. The predicted molar refractivity (Wildman–Crippen MR) is 136 cm³/mol. The summed E-state index contributed by atoms with van der Waals surface area (Å²) in [4.78, 5) is 12.9. The maximum Gasteiger partial charge on any atom is 0.220 e. The predicted octanol–water partition coefficient (Wildman–Crippen LogP) is 5.43. The third-order valence-electron chi connectivity index (χ3n) is 6.20. The molecule has 0 spiro atoms. The highest BCUT2D eigenvalue weighted by atomic mass is 16.6. The molecule has 178 valence electrons. The molecule has 1 aromatic heterocycles. The van der Waals surface area contributed by atoms with E-state index in [2.05, 4.69) is 36.5 Å². The van der Waals surface area contributed by atoms with Crippen molar-refractivity contribution in [1.82, 2.24) is 15.1 Å². The average molecular weight is 468 g/mol. The number of nitrogens with zero attached hydrogens (tertiary/aromatic N) is 2. The molecule has 3 aromatic carbocycles. The largest absolute Gasteiger partial charge is 0.486 e. The van der Waals surface area contributed by atoms with Crippen molar-refractivity contribution < 1.29 is 14.3 Å². The summed E-state index contributed by atoms with van der Waals surface area (Å²) in [5.41, 5.74) is 6.17. The molecule has 0 radical (unpaired) electrons. The number of hydrogen-bond acceptors (Lipinski definition) is 4. The molecule has 6 heteroatoms. The van der Waals surface area contributed by atoms with Gasteiger partial charge < -0.3 is 14.8 Å². The fourth-order valence-corrected chi connectivity index (χ4v) is 4.23. The number of nitrogens with one attached hydrogen (secondary N) is 1. The summed E-state index contributed by atoms with van der Waals surface area (Å²) in [7, 11) is 0. The van der Waals surface area contributed by atoms with Gasteiger partial charge in [-0.3, -0.25) is 4.79 Å². The van der Waals surface area contributed by atoms with Gasteiger partial charge in [0.1, 0.15) is 13.2 Å². The van der Waals surface area contributed by atoms with Crippen molar-refractivity contribution in [1.29, 1.82) is 0 Å². The fourth-order valence-electron chi connectivity index (χ4n) is 4.23. The van der Waals surface area contributed by atoms with Gasteiger partial charge in [0.05, 0.1) is 17.4 Å². The third-order valence-corrected chi connectivity index (χ3v) is 6.20. The summed E-state index contributed by atoms with van der Waals surface area (Å²) in [6.07, 6.45) is 2.99. The van der Waals surface area contributed by atoms with Crippen LogP contribution in [0.5, 0.6) is 11.5 Å². The molecule has 0 aliphatic carbocycles. The monoisotopic (exact) mass is 467 g/mol. The topological polar surface area (TPSA) is 65.4 Å². The Morgan fingerprint density at radius 2 is 1.74 bits per heavy atom. The number of benzene rings is 3. The second-order valence-electron chi connectivity index (χ2n) is 8.84. The number of hydrogen-bond donors (Lipinski definition) is 1. The molecule has 0 unspecified atom stereocenters. The van der Waals surface area contributed by atoms with Crippen molar-refractivity contribution in [3.8, 4) is 28.4 Å². The molecule has 1 N–H and O–H groups in total. The van der Waals surface area contributed by atoms with Gasteiger partial charge in [0.15, 0.2) is 11.5 Å². The van der Waals surface area contributed by atoms with Gasteiger partial charge in [0, 0.05) is 18.2 Å². The lowest BCUT2D eigenvalue weighted by atomic mass is 10.0. The van der Waals surface area contributed by atoms with Crippen LogP contribution in [-0.2, 0) is 11.2 Å². The maximum absolute atomic E-state index is 12.9. The Balaban J connectivity index is 1.30. The molecule has 0 saturated carbocycles. The molecule has 2 heterocycles. The first kappa shape index (κ1) is 22.7. The first-order valence-electron chi connectivity index (χ1n) is 12.0. The lowest BCUT2D eigenvalue weighted by Gasteiger charge is -2.21. The van der Waals surface area contributed by atoms with Gasteiger partial charge >= 0.3 is 0 Å². The number of amides is 1. The molecule has 5 rings (SSSR count). The van der Waals surface area contributed by atoms with Crippen LogP contribution in [0.1, 0.15) is 36.1 Å². The Morgan fingerprint density at radius 3 is 2.51 bits per heavy atom. The van der Waals surface area contributed by atoms with Crippen LogP contribution in [-0.4, -0.2) is 28.9 Å². The van der Waals surface area contributed by atoms with E-state index >= 15 is 0 Å². The van der Waals surface area contributed by atoms with Crippen LogP contribution >= 0.6 is 0 Å². The van der Waals surface area contributed by atoms with E-state index in [1.807, 2.05) is 66.3 Å². The zero-order valence-electron chi connectivity index (χ0n) is 20.0. The Kier molecular flexibility index (Phi) is 6.53. The second-order valence-corrected chi connectivity index (χ2v) is 8.84. The molecule has 0 fully saturated rings. The van der Waals surface area contributed by atoms with Crippen molar-refractivity contribution in [2.24, 2.45) is 0 Å². The normalized spacial score (nSPS) is 13.3. The van der Waals surface area contributed by atoms with Crippen LogP contribution in [0, 0.1) is 6.92 Å². The van der Waals surface area contributed by atoms with E-state index in [0.29, 0.717) is 26.1 Å². The van der Waals surface area contributed by atoms with E-state index in [-0.39, 0.29) is 11.9 Å². The molecular formula is C29H29N3O3. The molecule has 0 bridgehead atoms. The van der Waals surface area contributed by atoms with E-state index in [0.717, 1.165) is 39.6 Å². The van der Waals surface area contributed by atoms with Crippen molar-refractivity contribution in [2.75, 3.05) is 13.2 Å². The molecule has 1 atom stereocenters. The first-order chi connectivity index (χ1) is 17.1. The quantitative estimate of drug-likeness (QED) is 0.394. The van der Waals surface area contributed by atoms with Crippen LogP contribution in [0.2, 0.25) is 0 Å². The molecule has 0 saturated heterocycles. The van der Waals surface area contributed by atoms with Gasteiger partial charge in [-0.25, -0.2) is 4.68 Å². The van der Waals surface area contributed by atoms with E-state index in [4.69, 9.17) is 14.6 Å². The third kappa shape index (κ3) is 5.22. The van der Waals surface area contributed by atoms with Crippen molar-refractivity contribution in [2.45, 2.75) is 32.7 Å². The van der Waals surface area contributed by atoms with Crippen LogP contribution < -0.4 is 14.8 Å². The minimum Gasteiger partial charge on any atom is -0.486 e. The Bertz CT molecular complexity index is 1310. The molecule has 1 aliphatic rings. The summed E-state index contributed by atoms with van der Waals surface area (Å²) in [6, 6.07) is 24.0. The summed E-state index contributed by atoms with van der Waals surface area (Å²) < 4.78 is 13.2. The summed E-state index contributed by atoms with van der Waals surface area (Å²) in [5, 5.41) is 7.98. The minimum absolute atomic E-state index is 0.00490. The van der Waals surface area contributed by atoms with E-state index in [1.54, 1.807) is 0 Å². The highest BCUT2D eigenvalue weighted by Gasteiger charge is 2.17. The number of para-hydroxylation sites is 1. The smallest absolute Gasteiger partial charge is 0.220 e. The van der Waals surface area contributed by atoms with Gasteiger partial charge in [-0.15, -0.1) is 0 Å². The molecule has 6 nitrogen and oxygen atoms in total. The number of carbonyl (C=O) groups excluding carboxylic acids is 1. The highest BCUT2D eigenvalue weighted by Crippen LogP contribution is 2.32. The van der Waals surface area contributed by atoms with E-state index < -0.39 is 0 Å². The zero-order valence-corrected chi connectivity index (χ0v) is 20.0. The van der Waals surface area contributed by atoms with Crippen LogP contribution in [0.15, 0.2) is 79.0 Å². The molecule has 1 amide bonds.